The van der Waals surface area contributed by atoms with Crippen LogP contribution in [-0.2, 0) is 42.9 Å². The van der Waals surface area contributed by atoms with Gasteiger partial charge in [-0.15, -0.1) is 0 Å². The fourth-order valence-electron chi connectivity index (χ4n) is 7.64. The summed E-state index contributed by atoms with van der Waals surface area (Å²) in [5.74, 6) is -3.28. The zero-order valence-electron chi connectivity index (χ0n) is 45.1. The Morgan fingerprint density at radius 2 is 0.890 bits per heavy atom. The molecule has 0 spiro atoms. The van der Waals surface area contributed by atoms with Crippen LogP contribution in [0.4, 0.5) is 0 Å². The average Bonchev–Trinajstić information content (AvgIpc) is 3.37. The minimum Gasteiger partial charge on any atom is -0.479 e. The molecule has 1 saturated heterocycles. The number of carbonyl (C=O) groups is 4. The van der Waals surface area contributed by atoms with Gasteiger partial charge in [-0.2, -0.15) is 0 Å². The van der Waals surface area contributed by atoms with E-state index in [-0.39, 0.29) is 25.9 Å². The molecule has 0 saturated carbocycles. The van der Waals surface area contributed by atoms with E-state index < -0.39 is 67.3 Å². The van der Waals surface area contributed by atoms with Gasteiger partial charge in [0.2, 0.25) is 0 Å². The summed E-state index contributed by atoms with van der Waals surface area (Å²) in [6.07, 6.45) is 52.3. The molecule has 0 bridgehead atoms. The summed E-state index contributed by atoms with van der Waals surface area (Å²) < 4.78 is 28.2. The first-order valence-corrected chi connectivity index (χ1v) is 27.9. The van der Waals surface area contributed by atoms with Crippen LogP contribution in [-0.4, -0.2) is 89.2 Å². The second-order valence-corrected chi connectivity index (χ2v) is 18.5. The van der Waals surface area contributed by atoms with Crippen LogP contribution < -0.4 is 0 Å². The van der Waals surface area contributed by atoms with Crippen molar-refractivity contribution >= 4 is 23.9 Å². The normalized spacial score (nSPS) is 19.2. The average molecular weight is 1020 g/mol. The molecule has 1 aliphatic rings. The third-order valence-corrected chi connectivity index (χ3v) is 11.9. The zero-order chi connectivity index (χ0) is 53.3. The molecular formula is C61H96O12. The minimum atomic E-state index is -1.92. The summed E-state index contributed by atoms with van der Waals surface area (Å²) in [6, 6.07) is 0. The number of aliphatic carboxylic acids is 1. The van der Waals surface area contributed by atoms with Crippen LogP contribution in [0.1, 0.15) is 201 Å². The Balaban J connectivity index is 2.76. The van der Waals surface area contributed by atoms with Crippen LogP contribution in [0.3, 0.4) is 0 Å². The van der Waals surface area contributed by atoms with E-state index in [4.69, 9.17) is 23.7 Å². The van der Waals surface area contributed by atoms with E-state index >= 15 is 0 Å². The second kappa shape index (κ2) is 48.3. The molecule has 1 fully saturated rings. The van der Waals surface area contributed by atoms with Crippen molar-refractivity contribution in [2.24, 2.45) is 0 Å². The standard InChI is InChI=1S/C61H96O12/c1-4-7-10-13-16-19-22-24-25-26-27-28-29-31-33-35-38-41-44-47-53(62)69-50-52(71-54(63)48-45-42-39-36-32-21-18-15-12-9-6-3)51-70-61-59(57(66)56(65)58(73-61)60(67)68)72-55(64)49-46-43-40-37-34-30-23-20-17-14-11-8-5-2/h7-8,10-11,16-17,19-20,24-25,27-28,30-31,33-34,38,41,52,56-59,61,65-66H,4-6,9,12-15,18,21-23,26,29,32,35-37,39-40,42-51H2,1-3H3,(H,67,68)/b10-7-,11-8-,19-16-,20-17-,25-24-,28-27-,33-31-,34-30-,41-38-. The molecular weight excluding hydrogens is 925 g/mol. The van der Waals surface area contributed by atoms with Crippen LogP contribution in [0.5, 0.6) is 0 Å². The Morgan fingerprint density at radius 3 is 1.37 bits per heavy atom. The number of allylic oxidation sites excluding steroid dienone is 18. The van der Waals surface area contributed by atoms with Crippen molar-refractivity contribution in [1.82, 2.24) is 0 Å². The number of unbranched alkanes of at least 4 members (excludes halogenated alkanes) is 13. The minimum absolute atomic E-state index is 0.0138. The maximum Gasteiger partial charge on any atom is 0.335 e. The molecule has 12 nitrogen and oxygen atoms in total. The lowest BCUT2D eigenvalue weighted by molar-refractivity contribution is -0.301. The molecule has 73 heavy (non-hydrogen) atoms. The van der Waals surface area contributed by atoms with Gasteiger partial charge in [0.1, 0.15) is 18.8 Å². The monoisotopic (exact) mass is 1020 g/mol. The van der Waals surface area contributed by atoms with Crippen molar-refractivity contribution in [3.8, 4) is 0 Å². The van der Waals surface area contributed by atoms with E-state index in [9.17, 15) is 34.5 Å². The van der Waals surface area contributed by atoms with E-state index in [2.05, 4.69) is 118 Å². The molecule has 1 rings (SSSR count). The first-order chi connectivity index (χ1) is 35.6. The largest absolute Gasteiger partial charge is 0.479 e. The number of carbonyl (C=O) groups excluding carboxylic acids is 3. The summed E-state index contributed by atoms with van der Waals surface area (Å²) >= 11 is 0. The molecule has 6 atom stereocenters. The number of aliphatic hydroxyl groups is 2. The second-order valence-electron chi connectivity index (χ2n) is 18.5. The lowest BCUT2D eigenvalue weighted by Gasteiger charge is -2.40. The number of hydrogen-bond acceptors (Lipinski definition) is 11. The van der Waals surface area contributed by atoms with Crippen LogP contribution >= 0.6 is 0 Å². The van der Waals surface area contributed by atoms with Crippen LogP contribution in [0, 0.1) is 0 Å². The van der Waals surface area contributed by atoms with Gasteiger partial charge in [0, 0.05) is 19.3 Å². The SMILES string of the molecule is CC/C=C\C/C=C\C/C=C\C/C=C\C/C=C\C/C=C\CCC(=O)OCC(COC1OC(C(=O)O)C(O)C(O)C1OC(=O)CCCCC/C=C\C/C=C\C/C=C\CC)OC(=O)CCCCCCCCCCCCC. The Kier molecular flexibility index (Phi) is 44.0. The van der Waals surface area contributed by atoms with Crippen LogP contribution in [0.2, 0.25) is 0 Å². The quantitative estimate of drug-likeness (QED) is 0.0228. The highest BCUT2D eigenvalue weighted by molar-refractivity contribution is 5.74. The molecule has 0 aliphatic carbocycles. The topological polar surface area (TPSA) is 175 Å². The van der Waals surface area contributed by atoms with Gasteiger partial charge in [0.25, 0.3) is 0 Å². The number of hydrogen-bond donors (Lipinski definition) is 3. The van der Waals surface area contributed by atoms with Gasteiger partial charge in [0.15, 0.2) is 24.6 Å². The summed E-state index contributed by atoms with van der Waals surface area (Å²) in [4.78, 5) is 50.9. The maximum atomic E-state index is 13.1. The number of carboxylic acids is 1. The molecule has 412 valence electrons. The summed E-state index contributed by atoms with van der Waals surface area (Å²) in [7, 11) is 0. The number of rotatable bonds is 45. The van der Waals surface area contributed by atoms with E-state index in [0.717, 1.165) is 96.3 Å². The lowest BCUT2D eigenvalue weighted by Crippen LogP contribution is -2.61. The highest BCUT2D eigenvalue weighted by Gasteiger charge is 2.50. The molecule has 1 heterocycles. The van der Waals surface area contributed by atoms with Gasteiger partial charge in [-0.3, -0.25) is 14.4 Å². The highest BCUT2D eigenvalue weighted by Crippen LogP contribution is 2.26. The third-order valence-electron chi connectivity index (χ3n) is 11.9. The van der Waals surface area contributed by atoms with Crippen LogP contribution in [0.25, 0.3) is 0 Å². The van der Waals surface area contributed by atoms with Crippen LogP contribution in [0.15, 0.2) is 109 Å². The van der Waals surface area contributed by atoms with Gasteiger partial charge in [-0.1, -0.05) is 201 Å². The van der Waals surface area contributed by atoms with E-state index in [0.29, 0.717) is 19.3 Å². The van der Waals surface area contributed by atoms with E-state index in [1.54, 1.807) is 0 Å². The lowest BCUT2D eigenvalue weighted by atomic mass is 9.98. The van der Waals surface area contributed by atoms with Crippen molar-refractivity contribution in [1.29, 1.82) is 0 Å². The molecule has 6 unspecified atom stereocenters. The Labute approximate surface area is 440 Å². The number of aliphatic hydroxyl groups excluding tert-OH is 2. The summed E-state index contributed by atoms with van der Waals surface area (Å²) in [6.45, 7) is 5.65. The van der Waals surface area contributed by atoms with E-state index in [1.807, 2.05) is 12.2 Å². The van der Waals surface area contributed by atoms with Crippen molar-refractivity contribution in [3.63, 3.8) is 0 Å². The van der Waals surface area contributed by atoms with Gasteiger partial charge in [-0.25, -0.2) is 4.79 Å². The van der Waals surface area contributed by atoms with E-state index in [1.165, 1.54) is 44.9 Å². The van der Waals surface area contributed by atoms with Gasteiger partial charge in [0.05, 0.1) is 6.61 Å². The highest BCUT2D eigenvalue weighted by atomic mass is 16.7. The predicted molar refractivity (Wildman–Crippen MR) is 294 cm³/mol. The van der Waals surface area contributed by atoms with Crippen molar-refractivity contribution in [3.05, 3.63) is 109 Å². The first-order valence-electron chi connectivity index (χ1n) is 27.9. The third kappa shape index (κ3) is 38.6. The molecule has 1 aliphatic heterocycles. The smallest absolute Gasteiger partial charge is 0.335 e. The number of ether oxygens (including phenoxy) is 5. The number of esters is 3. The zero-order valence-corrected chi connectivity index (χ0v) is 45.1. The van der Waals surface area contributed by atoms with Crippen molar-refractivity contribution < 1.29 is 58.2 Å². The Morgan fingerprint density at radius 1 is 0.466 bits per heavy atom. The van der Waals surface area contributed by atoms with Crippen molar-refractivity contribution in [2.75, 3.05) is 13.2 Å². The molecule has 0 aromatic heterocycles. The fraction of sp³-hybridized carbons (Fsp3) is 0.639. The Bertz CT molecular complexity index is 1690. The predicted octanol–water partition coefficient (Wildman–Crippen LogP) is 13.9. The summed E-state index contributed by atoms with van der Waals surface area (Å²) in [5.41, 5.74) is 0. The molecule has 0 aromatic carbocycles. The molecule has 3 N–H and O–H groups in total. The molecule has 0 amide bonds. The molecule has 0 radical (unpaired) electrons. The molecule has 12 heteroatoms. The molecule has 0 aromatic rings. The fourth-order valence-corrected chi connectivity index (χ4v) is 7.64. The van der Waals surface area contributed by atoms with Gasteiger partial charge >= 0.3 is 23.9 Å². The first kappa shape index (κ1) is 66.4. The van der Waals surface area contributed by atoms with Gasteiger partial charge in [-0.05, 0) is 89.9 Å². The summed E-state index contributed by atoms with van der Waals surface area (Å²) in [5, 5.41) is 31.4. The van der Waals surface area contributed by atoms with Crippen molar-refractivity contribution in [2.45, 2.75) is 237 Å². The Hall–Kier alpha value is -4.62. The van der Waals surface area contributed by atoms with Gasteiger partial charge < -0.3 is 39.0 Å². The maximum absolute atomic E-state index is 13.1. The number of carboxylic acid groups (broad SMARTS) is 1.